The molecule has 2 aromatic rings. The predicted octanol–water partition coefficient (Wildman–Crippen LogP) is 3.45. The van der Waals surface area contributed by atoms with Gasteiger partial charge in [0.05, 0.1) is 6.10 Å². The van der Waals surface area contributed by atoms with Crippen molar-refractivity contribution in [2.45, 2.75) is 52.1 Å². The minimum Gasteiger partial charge on any atom is -0.392 e. The minimum atomic E-state index is -0.249. The summed E-state index contributed by atoms with van der Waals surface area (Å²) in [6, 6.07) is 7.74. The van der Waals surface area contributed by atoms with Gasteiger partial charge in [0.1, 0.15) is 11.5 Å². The molecule has 0 saturated heterocycles. The second-order valence-electron chi connectivity index (χ2n) is 6.91. The minimum absolute atomic E-state index is 0.0965. The summed E-state index contributed by atoms with van der Waals surface area (Å²) in [5, 5.41) is 13.8. The molecule has 3 rings (SSSR count). The van der Waals surface area contributed by atoms with Crippen LogP contribution in [-0.4, -0.2) is 32.7 Å². The van der Waals surface area contributed by atoms with Gasteiger partial charge in [0.2, 0.25) is 0 Å². The van der Waals surface area contributed by atoms with Gasteiger partial charge in [-0.25, -0.2) is 9.97 Å². The molecule has 2 atom stereocenters. The lowest BCUT2D eigenvalue weighted by Gasteiger charge is -2.38. The van der Waals surface area contributed by atoms with Crippen LogP contribution in [0.3, 0.4) is 0 Å². The van der Waals surface area contributed by atoms with Crippen molar-refractivity contribution >= 4 is 5.82 Å². The molecule has 1 aliphatic carbocycles. The molecule has 2 aromatic heterocycles. The molecule has 0 spiro atoms. The van der Waals surface area contributed by atoms with Crippen LogP contribution in [0.4, 0.5) is 5.82 Å². The Kier molecular flexibility index (Phi) is 5.09. The number of aliphatic hydroxyl groups is 1. The van der Waals surface area contributed by atoms with Crippen molar-refractivity contribution in [3.8, 4) is 11.5 Å². The van der Waals surface area contributed by atoms with E-state index in [9.17, 15) is 5.11 Å². The third-order valence-corrected chi connectivity index (χ3v) is 4.99. The average molecular weight is 326 g/mol. The maximum absolute atomic E-state index is 10.4. The van der Waals surface area contributed by atoms with Gasteiger partial charge in [0.25, 0.3) is 0 Å². The highest BCUT2D eigenvalue weighted by atomic mass is 16.3. The smallest absolute Gasteiger partial charge is 0.180 e. The van der Waals surface area contributed by atoms with E-state index in [1.165, 1.54) is 6.42 Å². The number of aliphatic hydroxyl groups excluding tert-OH is 1. The first-order valence-electron chi connectivity index (χ1n) is 8.82. The van der Waals surface area contributed by atoms with E-state index >= 15 is 0 Å². The molecular formula is C19H26N4O. The van der Waals surface area contributed by atoms with E-state index in [1.807, 2.05) is 24.3 Å². The van der Waals surface area contributed by atoms with Gasteiger partial charge in [0, 0.05) is 29.9 Å². The van der Waals surface area contributed by atoms with Gasteiger partial charge in [-0.3, -0.25) is 4.98 Å². The van der Waals surface area contributed by atoms with Crippen LogP contribution in [0, 0.1) is 5.41 Å². The largest absolute Gasteiger partial charge is 0.392 e. The fraction of sp³-hybridized carbons (Fsp3) is 0.526. The molecule has 0 radical (unpaired) electrons. The van der Waals surface area contributed by atoms with Crippen molar-refractivity contribution in [1.29, 1.82) is 0 Å². The highest BCUT2D eigenvalue weighted by Gasteiger charge is 2.35. The van der Waals surface area contributed by atoms with Crippen LogP contribution in [0.15, 0.2) is 30.5 Å². The van der Waals surface area contributed by atoms with E-state index in [0.29, 0.717) is 5.82 Å². The van der Waals surface area contributed by atoms with Gasteiger partial charge in [-0.05, 0) is 31.4 Å². The molecule has 2 unspecified atom stereocenters. The Morgan fingerprint density at radius 3 is 2.88 bits per heavy atom. The number of hydrogen-bond acceptors (Lipinski definition) is 5. The van der Waals surface area contributed by atoms with Crippen LogP contribution >= 0.6 is 0 Å². The second-order valence-corrected chi connectivity index (χ2v) is 6.91. The molecule has 2 heterocycles. The zero-order valence-corrected chi connectivity index (χ0v) is 14.5. The van der Waals surface area contributed by atoms with Crippen molar-refractivity contribution in [3.05, 3.63) is 36.2 Å². The van der Waals surface area contributed by atoms with E-state index in [0.717, 1.165) is 49.4 Å². The van der Waals surface area contributed by atoms with Gasteiger partial charge >= 0.3 is 0 Å². The maximum atomic E-state index is 10.4. The predicted molar refractivity (Wildman–Crippen MR) is 95.7 cm³/mol. The van der Waals surface area contributed by atoms with Crippen molar-refractivity contribution in [1.82, 2.24) is 15.0 Å². The first kappa shape index (κ1) is 16.8. The third kappa shape index (κ3) is 3.73. The molecule has 5 heteroatoms. The van der Waals surface area contributed by atoms with Crippen molar-refractivity contribution in [3.63, 3.8) is 0 Å². The summed E-state index contributed by atoms with van der Waals surface area (Å²) in [4.78, 5) is 13.6. The molecule has 1 fully saturated rings. The molecule has 0 bridgehead atoms. The Hall–Kier alpha value is -2.01. The van der Waals surface area contributed by atoms with E-state index < -0.39 is 0 Å². The molecule has 1 saturated carbocycles. The molecule has 0 aliphatic heterocycles. The van der Waals surface area contributed by atoms with Crippen molar-refractivity contribution in [2.75, 3.05) is 11.9 Å². The number of anilines is 1. The Morgan fingerprint density at radius 1 is 1.29 bits per heavy atom. The zero-order valence-electron chi connectivity index (χ0n) is 14.5. The SMILES string of the molecule is CCc1cc(NCC2(C)CCCCC2O)nc(-c2ccccn2)n1. The lowest BCUT2D eigenvalue weighted by molar-refractivity contribution is 0.00958. The number of aryl methyl sites for hydroxylation is 1. The van der Waals surface area contributed by atoms with Gasteiger partial charge in [-0.15, -0.1) is 0 Å². The lowest BCUT2D eigenvalue weighted by atomic mass is 9.73. The first-order valence-corrected chi connectivity index (χ1v) is 8.82. The highest BCUT2D eigenvalue weighted by Crippen LogP contribution is 2.36. The summed E-state index contributed by atoms with van der Waals surface area (Å²) in [5.74, 6) is 1.45. The van der Waals surface area contributed by atoms with E-state index in [-0.39, 0.29) is 11.5 Å². The molecule has 24 heavy (non-hydrogen) atoms. The summed E-state index contributed by atoms with van der Waals surface area (Å²) in [7, 11) is 0. The lowest BCUT2D eigenvalue weighted by Crippen LogP contribution is -2.41. The number of nitrogens with zero attached hydrogens (tertiary/aromatic N) is 3. The second kappa shape index (κ2) is 7.26. The number of rotatable bonds is 5. The zero-order chi connectivity index (χ0) is 17.0. The third-order valence-electron chi connectivity index (χ3n) is 4.99. The maximum Gasteiger partial charge on any atom is 0.180 e. The summed E-state index contributed by atoms with van der Waals surface area (Å²) in [6.45, 7) is 4.96. The summed E-state index contributed by atoms with van der Waals surface area (Å²) in [6.07, 6.45) is 6.58. The topological polar surface area (TPSA) is 70.9 Å². The van der Waals surface area contributed by atoms with Crippen molar-refractivity contribution in [2.24, 2.45) is 5.41 Å². The van der Waals surface area contributed by atoms with E-state index in [1.54, 1.807) is 6.20 Å². The van der Waals surface area contributed by atoms with E-state index in [4.69, 9.17) is 0 Å². The molecule has 2 N–H and O–H groups in total. The molecule has 0 amide bonds. The van der Waals surface area contributed by atoms with Crippen LogP contribution in [0.2, 0.25) is 0 Å². The van der Waals surface area contributed by atoms with Gasteiger partial charge in [0.15, 0.2) is 5.82 Å². The van der Waals surface area contributed by atoms with Crippen LogP contribution in [0.1, 0.15) is 45.2 Å². The number of nitrogens with one attached hydrogen (secondary N) is 1. The van der Waals surface area contributed by atoms with E-state index in [2.05, 4.69) is 34.1 Å². The quantitative estimate of drug-likeness (QED) is 0.880. The monoisotopic (exact) mass is 326 g/mol. The Morgan fingerprint density at radius 2 is 2.17 bits per heavy atom. The summed E-state index contributed by atoms with van der Waals surface area (Å²) >= 11 is 0. The number of hydrogen-bond donors (Lipinski definition) is 2. The molecule has 5 nitrogen and oxygen atoms in total. The fourth-order valence-electron chi connectivity index (χ4n) is 3.26. The fourth-order valence-corrected chi connectivity index (χ4v) is 3.26. The molecule has 0 aromatic carbocycles. The first-order chi connectivity index (χ1) is 11.6. The van der Waals surface area contributed by atoms with Gasteiger partial charge < -0.3 is 10.4 Å². The van der Waals surface area contributed by atoms with Crippen LogP contribution in [0.5, 0.6) is 0 Å². The van der Waals surface area contributed by atoms with Gasteiger partial charge in [-0.2, -0.15) is 0 Å². The van der Waals surface area contributed by atoms with Gasteiger partial charge in [-0.1, -0.05) is 32.8 Å². The standard InChI is InChI=1S/C19H26N4O/c1-3-14-12-17(21-13-19(2)10-6-4-9-16(19)24)23-18(22-14)15-8-5-7-11-20-15/h5,7-8,11-12,16,24H,3-4,6,9-10,13H2,1-2H3,(H,21,22,23). The summed E-state index contributed by atoms with van der Waals surface area (Å²) < 4.78 is 0. The van der Waals surface area contributed by atoms with Crippen LogP contribution in [0.25, 0.3) is 11.5 Å². The molecular weight excluding hydrogens is 300 g/mol. The number of aromatic nitrogens is 3. The molecule has 1 aliphatic rings. The average Bonchev–Trinajstić information content (AvgIpc) is 2.63. The Balaban J connectivity index is 1.80. The normalized spacial score (nSPS) is 23.9. The molecule has 128 valence electrons. The summed E-state index contributed by atoms with van der Waals surface area (Å²) in [5.41, 5.74) is 1.67. The Labute approximate surface area is 143 Å². The highest BCUT2D eigenvalue weighted by molar-refractivity contribution is 5.53. The van der Waals surface area contributed by atoms with Crippen LogP contribution < -0.4 is 5.32 Å². The Bertz CT molecular complexity index is 676. The van der Waals surface area contributed by atoms with Crippen molar-refractivity contribution < 1.29 is 5.11 Å². The number of pyridine rings is 1. The van der Waals surface area contributed by atoms with Crippen LogP contribution in [-0.2, 0) is 6.42 Å².